The molecule has 27 heavy (non-hydrogen) atoms. The molecule has 5 heteroatoms. The van der Waals surface area contributed by atoms with Crippen molar-refractivity contribution in [1.29, 1.82) is 0 Å². The molecule has 2 atom stereocenters. The van der Waals surface area contributed by atoms with Gasteiger partial charge in [0, 0.05) is 0 Å². The Bertz CT molecular complexity index is 339. The fourth-order valence-electron chi connectivity index (χ4n) is 2.76. The van der Waals surface area contributed by atoms with Gasteiger partial charge in [-0.2, -0.15) is 0 Å². The third-order valence-electron chi connectivity index (χ3n) is 4.56. The van der Waals surface area contributed by atoms with Crippen molar-refractivity contribution in [2.24, 2.45) is 0 Å². The van der Waals surface area contributed by atoms with Crippen molar-refractivity contribution in [3.05, 3.63) is 0 Å². The average molecular weight is 403 g/mol. The molecule has 0 aromatic rings. The van der Waals surface area contributed by atoms with E-state index in [9.17, 15) is 9.59 Å². The first-order chi connectivity index (χ1) is 13.0. The van der Waals surface area contributed by atoms with Crippen LogP contribution in [0.1, 0.15) is 105 Å². The summed E-state index contributed by atoms with van der Waals surface area (Å²) in [4.78, 5) is 24.1. The summed E-state index contributed by atoms with van der Waals surface area (Å²) in [5, 5.41) is -0.691. The fourth-order valence-corrected chi connectivity index (χ4v) is 3.73. The molecular formula is C22H42O4S. The van der Waals surface area contributed by atoms with Gasteiger partial charge in [0.05, 0.1) is 13.2 Å². The zero-order valence-electron chi connectivity index (χ0n) is 18.1. The maximum absolute atomic E-state index is 12.0. The van der Waals surface area contributed by atoms with Gasteiger partial charge in [-0.25, -0.2) is 0 Å². The fraction of sp³-hybridized carbons (Fsp3) is 0.909. The molecule has 0 spiro atoms. The molecule has 0 aromatic heterocycles. The highest BCUT2D eigenvalue weighted by Crippen LogP contribution is 2.20. The van der Waals surface area contributed by atoms with E-state index >= 15 is 0 Å². The second kappa shape index (κ2) is 18.6. The monoisotopic (exact) mass is 402 g/mol. The number of hydrogen-bond donors (Lipinski definition) is 0. The zero-order valence-corrected chi connectivity index (χ0v) is 18.9. The lowest BCUT2D eigenvalue weighted by Crippen LogP contribution is -2.25. The molecule has 0 aliphatic heterocycles. The Kier molecular flexibility index (Phi) is 18.2. The van der Waals surface area contributed by atoms with Crippen molar-refractivity contribution in [3.8, 4) is 0 Å². The molecule has 0 aliphatic rings. The Morgan fingerprint density at radius 1 is 0.630 bits per heavy atom. The summed E-state index contributed by atoms with van der Waals surface area (Å²) in [7, 11) is 0. The van der Waals surface area contributed by atoms with E-state index in [1.807, 2.05) is 0 Å². The van der Waals surface area contributed by atoms with E-state index in [1.165, 1.54) is 63.1 Å². The molecule has 0 N–H and O–H groups in total. The lowest BCUT2D eigenvalue weighted by Gasteiger charge is -2.16. The first kappa shape index (κ1) is 26.3. The molecule has 0 rings (SSSR count). The molecule has 160 valence electrons. The van der Waals surface area contributed by atoms with Crippen molar-refractivity contribution in [1.82, 2.24) is 0 Å². The van der Waals surface area contributed by atoms with Crippen molar-refractivity contribution in [2.75, 3.05) is 13.2 Å². The molecule has 0 radical (unpaired) electrons. The van der Waals surface area contributed by atoms with E-state index in [4.69, 9.17) is 9.47 Å². The predicted molar refractivity (Wildman–Crippen MR) is 115 cm³/mol. The van der Waals surface area contributed by atoms with E-state index in [2.05, 4.69) is 13.8 Å². The van der Waals surface area contributed by atoms with Crippen LogP contribution in [0.15, 0.2) is 0 Å². The lowest BCUT2D eigenvalue weighted by atomic mass is 10.1. The maximum atomic E-state index is 12.0. The van der Waals surface area contributed by atoms with Crippen LogP contribution in [0.5, 0.6) is 0 Å². The van der Waals surface area contributed by atoms with E-state index in [1.54, 1.807) is 13.8 Å². The van der Waals surface area contributed by atoms with Crippen molar-refractivity contribution < 1.29 is 19.1 Å². The Labute approximate surface area is 171 Å². The van der Waals surface area contributed by atoms with Crippen molar-refractivity contribution in [3.63, 3.8) is 0 Å². The van der Waals surface area contributed by atoms with E-state index in [0.29, 0.717) is 13.2 Å². The first-order valence-corrected chi connectivity index (χ1v) is 12.0. The molecule has 4 nitrogen and oxygen atoms in total. The first-order valence-electron chi connectivity index (χ1n) is 11.0. The molecular weight excluding hydrogens is 360 g/mol. The summed E-state index contributed by atoms with van der Waals surface area (Å²) in [5.41, 5.74) is 0. The van der Waals surface area contributed by atoms with E-state index in [-0.39, 0.29) is 22.4 Å². The van der Waals surface area contributed by atoms with Crippen LogP contribution in [0, 0.1) is 0 Å². The van der Waals surface area contributed by atoms with Crippen LogP contribution < -0.4 is 0 Å². The van der Waals surface area contributed by atoms with Gasteiger partial charge in [0.25, 0.3) is 0 Å². The van der Waals surface area contributed by atoms with Gasteiger partial charge in [-0.1, -0.05) is 78.1 Å². The van der Waals surface area contributed by atoms with Crippen LogP contribution in [0.2, 0.25) is 0 Å². The third-order valence-corrected chi connectivity index (χ3v) is 5.76. The van der Waals surface area contributed by atoms with Gasteiger partial charge in [-0.3, -0.25) is 9.59 Å². The second-order valence-corrected chi connectivity index (χ2v) is 8.98. The third kappa shape index (κ3) is 16.0. The van der Waals surface area contributed by atoms with Gasteiger partial charge in [0.2, 0.25) is 0 Å². The van der Waals surface area contributed by atoms with Crippen LogP contribution in [0.4, 0.5) is 0 Å². The number of ether oxygens (including phenoxy) is 2. The highest BCUT2D eigenvalue weighted by molar-refractivity contribution is 8.01. The minimum Gasteiger partial charge on any atom is -0.465 e. The van der Waals surface area contributed by atoms with Gasteiger partial charge in [-0.15, -0.1) is 11.8 Å². The van der Waals surface area contributed by atoms with Crippen LogP contribution >= 0.6 is 11.8 Å². The summed E-state index contributed by atoms with van der Waals surface area (Å²) >= 11 is 1.32. The smallest absolute Gasteiger partial charge is 0.318 e. The SMILES string of the molecule is CCCCCCCCOC(=O)C(C)SC(C)C(=O)OCCCCCCCC. The number of carbonyl (C=O) groups is 2. The number of thioether (sulfide) groups is 1. The highest BCUT2D eigenvalue weighted by atomic mass is 32.2. The van der Waals surface area contributed by atoms with Crippen LogP contribution in [0.3, 0.4) is 0 Å². The Morgan fingerprint density at radius 3 is 1.33 bits per heavy atom. The molecule has 0 heterocycles. The number of carbonyl (C=O) groups excluding carboxylic acids is 2. The Balaban J connectivity index is 3.73. The van der Waals surface area contributed by atoms with Crippen molar-refractivity contribution >= 4 is 23.7 Å². The Morgan fingerprint density at radius 2 is 0.963 bits per heavy atom. The minimum atomic E-state index is -0.346. The molecule has 0 aromatic carbocycles. The zero-order chi connectivity index (χ0) is 20.3. The summed E-state index contributed by atoms with van der Waals surface area (Å²) in [5.74, 6) is -0.465. The highest BCUT2D eigenvalue weighted by Gasteiger charge is 2.23. The number of unbranched alkanes of at least 4 members (excludes halogenated alkanes) is 10. The van der Waals surface area contributed by atoms with Crippen LogP contribution in [-0.2, 0) is 19.1 Å². The molecule has 0 amide bonds. The van der Waals surface area contributed by atoms with Crippen LogP contribution in [0.25, 0.3) is 0 Å². The number of esters is 2. The quantitative estimate of drug-likeness (QED) is 0.199. The van der Waals surface area contributed by atoms with Crippen LogP contribution in [-0.4, -0.2) is 35.7 Å². The van der Waals surface area contributed by atoms with Gasteiger partial charge in [-0.05, 0) is 26.7 Å². The molecule has 2 unspecified atom stereocenters. The van der Waals surface area contributed by atoms with Gasteiger partial charge in [0.1, 0.15) is 10.5 Å². The standard InChI is InChI=1S/C22H42O4S/c1-5-7-9-11-13-15-17-25-21(23)19(3)27-20(4)22(24)26-18-16-14-12-10-8-6-2/h19-20H,5-18H2,1-4H3. The van der Waals surface area contributed by atoms with E-state index in [0.717, 1.165) is 25.7 Å². The van der Waals surface area contributed by atoms with Crippen molar-refractivity contribution in [2.45, 2.75) is 115 Å². The van der Waals surface area contributed by atoms with E-state index < -0.39 is 0 Å². The normalized spacial score (nSPS) is 13.2. The summed E-state index contributed by atoms with van der Waals surface area (Å²) < 4.78 is 10.6. The van der Waals surface area contributed by atoms with Gasteiger partial charge in [0.15, 0.2) is 0 Å². The topological polar surface area (TPSA) is 52.6 Å². The molecule has 0 saturated carbocycles. The van der Waals surface area contributed by atoms with Gasteiger partial charge < -0.3 is 9.47 Å². The molecule has 0 fully saturated rings. The summed E-state index contributed by atoms with van der Waals surface area (Å²) in [6, 6.07) is 0. The lowest BCUT2D eigenvalue weighted by molar-refractivity contribution is -0.142. The maximum Gasteiger partial charge on any atom is 0.318 e. The second-order valence-electron chi connectivity index (χ2n) is 7.29. The minimum absolute atomic E-state index is 0.232. The van der Waals surface area contributed by atoms with Gasteiger partial charge >= 0.3 is 11.9 Å². The number of rotatable bonds is 18. The molecule has 0 saturated heterocycles. The molecule has 0 aliphatic carbocycles. The molecule has 0 bridgehead atoms. The predicted octanol–water partition coefficient (Wildman–Crippen LogP) is 6.30. The average Bonchev–Trinajstić information content (AvgIpc) is 2.66. The Hall–Kier alpha value is -0.710. The summed E-state index contributed by atoms with van der Waals surface area (Å²) in [6.07, 6.45) is 14.0. The largest absolute Gasteiger partial charge is 0.465 e. The number of hydrogen-bond acceptors (Lipinski definition) is 5. The summed E-state index contributed by atoms with van der Waals surface area (Å²) in [6.45, 7) is 8.95.